The third-order valence-electron chi connectivity index (χ3n) is 3.33. The van der Waals surface area contributed by atoms with Crippen LogP contribution in [0.25, 0.3) is 0 Å². The van der Waals surface area contributed by atoms with E-state index in [4.69, 9.17) is 17.3 Å². The molecule has 0 spiro atoms. The zero-order valence-electron chi connectivity index (χ0n) is 10.4. The quantitative estimate of drug-likeness (QED) is 0.929. The molecule has 1 aliphatic heterocycles. The van der Waals surface area contributed by atoms with Crippen LogP contribution >= 0.6 is 11.6 Å². The molecule has 1 unspecified atom stereocenters. The minimum absolute atomic E-state index is 0.0960. The number of rotatable bonds is 3. The molecule has 1 heterocycles. The predicted molar refractivity (Wildman–Crippen MR) is 72.0 cm³/mol. The van der Waals surface area contributed by atoms with Crippen LogP contribution < -0.4 is 5.73 Å². The molecule has 106 valence electrons. The highest BCUT2D eigenvalue weighted by Crippen LogP contribution is 2.31. The second kappa shape index (κ2) is 5.75. The molecule has 2 rings (SSSR count). The van der Waals surface area contributed by atoms with Crippen molar-refractivity contribution in [3.8, 4) is 0 Å². The van der Waals surface area contributed by atoms with Crippen LogP contribution in [0.1, 0.15) is 19.3 Å². The van der Waals surface area contributed by atoms with Crippen LogP contribution in [0.2, 0.25) is 5.02 Å². The first-order chi connectivity index (χ1) is 8.98. The molecule has 4 nitrogen and oxygen atoms in total. The van der Waals surface area contributed by atoms with Crippen molar-refractivity contribution < 1.29 is 12.8 Å². The molecule has 1 aromatic rings. The molecule has 1 fully saturated rings. The number of piperidine rings is 1. The third-order valence-corrected chi connectivity index (χ3v) is 5.79. The monoisotopic (exact) mass is 306 g/mol. The first-order valence-corrected chi connectivity index (χ1v) is 7.96. The standard InChI is InChI=1S/C12H16ClFN2O2S/c13-10-5-3-6-11(14)12(10)19(17,18)16-7-2-1-4-9(16)8-15/h3,5-6,9H,1-2,4,7-8,15H2. The van der Waals surface area contributed by atoms with E-state index in [-0.39, 0.29) is 17.6 Å². The number of hydrogen-bond acceptors (Lipinski definition) is 3. The second-order valence-electron chi connectivity index (χ2n) is 4.55. The molecule has 0 aromatic heterocycles. The van der Waals surface area contributed by atoms with Crippen LogP contribution in [-0.2, 0) is 10.0 Å². The van der Waals surface area contributed by atoms with Gasteiger partial charge in [0, 0.05) is 19.1 Å². The normalized spacial score (nSPS) is 21.5. The molecule has 1 aromatic carbocycles. The van der Waals surface area contributed by atoms with Gasteiger partial charge in [0.05, 0.1) is 5.02 Å². The number of nitrogens with zero attached hydrogens (tertiary/aromatic N) is 1. The largest absolute Gasteiger partial charge is 0.329 e. The lowest BCUT2D eigenvalue weighted by Gasteiger charge is -2.34. The molecule has 7 heteroatoms. The summed E-state index contributed by atoms with van der Waals surface area (Å²) in [6.07, 6.45) is 2.38. The molecule has 0 aliphatic carbocycles. The molecule has 1 aliphatic rings. The van der Waals surface area contributed by atoms with Gasteiger partial charge in [-0.25, -0.2) is 12.8 Å². The van der Waals surface area contributed by atoms with E-state index in [0.717, 1.165) is 18.9 Å². The molecule has 0 saturated carbocycles. The molecular weight excluding hydrogens is 291 g/mol. The van der Waals surface area contributed by atoms with E-state index in [1.54, 1.807) is 0 Å². The Hall–Kier alpha value is -0.690. The van der Waals surface area contributed by atoms with Gasteiger partial charge in [-0.3, -0.25) is 0 Å². The molecule has 0 amide bonds. The topological polar surface area (TPSA) is 63.4 Å². The molecule has 1 atom stereocenters. The van der Waals surface area contributed by atoms with E-state index in [0.29, 0.717) is 13.0 Å². The molecule has 1 saturated heterocycles. The maximum Gasteiger partial charge on any atom is 0.247 e. The van der Waals surface area contributed by atoms with Crippen molar-refractivity contribution in [3.63, 3.8) is 0 Å². The smallest absolute Gasteiger partial charge is 0.247 e. The Labute approximate surface area is 117 Å². The van der Waals surface area contributed by atoms with Crippen molar-refractivity contribution in [1.29, 1.82) is 0 Å². The van der Waals surface area contributed by atoms with E-state index >= 15 is 0 Å². The zero-order chi connectivity index (χ0) is 14.0. The summed E-state index contributed by atoms with van der Waals surface area (Å²) in [6.45, 7) is 0.583. The molecule has 2 N–H and O–H groups in total. The first-order valence-electron chi connectivity index (χ1n) is 6.14. The second-order valence-corrected chi connectivity index (χ2v) is 6.79. The highest BCUT2D eigenvalue weighted by atomic mass is 35.5. The van der Waals surface area contributed by atoms with Gasteiger partial charge in [-0.1, -0.05) is 24.1 Å². The van der Waals surface area contributed by atoms with Crippen molar-refractivity contribution in [2.75, 3.05) is 13.1 Å². The number of benzene rings is 1. The van der Waals surface area contributed by atoms with Crippen LogP contribution in [0.3, 0.4) is 0 Å². The van der Waals surface area contributed by atoms with Gasteiger partial charge in [0.15, 0.2) is 0 Å². The fourth-order valence-electron chi connectivity index (χ4n) is 2.37. The Balaban J connectivity index is 2.47. The Bertz CT molecular complexity index is 545. The highest BCUT2D eigenvalue weighted by molar-refractivity contribution is 7.89. The van der Waals surface area contributed by atoms with Gasteiger partial charge in [-0.2, -0.15) is 4.31 Å². The molecular formula is C12H16ClFN2O2S. The number of hydrogen-bond donors (Lipinski definition) is 1. The van der Waals surface area contributed by atoms with Crippen molar-refractivity contribution >= 4 is 21.6 Å². The van der Waals surface area contributed by atoms with Crippen molar-refractivity contribution in [2.45, 2.75) is 30.2 Å². The summed E-state index contributed by atoms with van der Waals surface area (Å²) in [7, 11) is -3.94. The van der Waals surface area contributed by atoms with Gasteiger partial charge >= 0.3 is 0 Å². The van der Waals surface area contributed by atoms with Crippen LogP contribution in [-0.4, -0.2) is 31.9 Å². The first kappa shape index (κ1) is 14.7. The predicted octanol–water partition coefficient (Wildman–Crippen LogP) is 1.98. The van der Waals surface area contributed by atoms with E-state index in [1.807, 2.05) is 0 Å². The summed E-state index contributed by atoms with van der Waals surface area (Å²) in [4.78, 5) is -0.447. The van der Waals surface area contributed by atoms with Gasteiger partial charge in [-0.05, 0) is 25.0 Å². The maximum absolute atomic E-state index is 13.8. The maximum atomic E-state index is 13.8. The van der Waals surface area contributed by atoms with Crippen LogP contribution in [0, 0.1) is 5.82 Å². The highest BCUT2D eigenvalue weighted by Gasteiger charge is 2.35. The van der Waals surface area contributed by atoms with E-state index < -0.39 is 20.7 Å². The van der Waals surface area contributed by atoms with Crippen molar-refractivity contribution in [1.82, 2.24) is 4.31 Å². The average molecular weight is 307 g/mol. The van der Waals surface area contributed by atoms with E-state index in [9.17, 15) is 12.8 Å². The summed E-state index contributed by atoms with van der Waals surface area (Å²) in [5, 5.41) is -0.0960. The van der Waals surface area contributed by atoms with E-state index in [2.05, 4.69) is 0 Å². The minimum atomic E-state index is -3.94. The van der Waals surface area contributed by atoms with Crippen molar-refractivity contribution in [2.24, 2.45) is 5.73 Å². The summed E-state index contributed by atoms with van der Waals surface area (Å²) >= 11 is 5.85. The van der Waals surface area contributed by atoms with Gasteiger partial charge in [-0.15, -0.1) is 0 Å². The van der Waals surface area contributed by atoms with Crippen LogP contribution in [0.4, 0.5) is 4.39 Å². The zero-order valence-corrected chi connectivity index (χ0v) is 11.9. The van der Waals surface area contributed by atoms with Crippen LogP contribution in [0.15, 0.2) is 23.1 Å². The molecule has 0 bridgehead atoms. The Morgan fingerprint density at radius 1 is 1.42 bits per heavy atom. The van der Waals surface area contributed by atoms with Gasteiger partial charge < -0.3 is 5.73 Å². The molecule has 0 radical (unpaired) electrons. The van der Waals surface area contributed by atoms with Gasteiger partial charge in [0.25, 0.3) is 0 Å². The van der Waals surface area contributed by atoms with Gasteiger partial charge in [0.2, 0.25) is 10.0 Å². The molecule has 19 heavy (non-hydrogen) atoms. The SMILES string of the molecule is NCC1CCCCN1S(=O)(=O)c1c(F)cccc1Cl. The lowest BCUT2D eigenvalue weighted by atomic mass is 10.1. The van der Waals surface area contributed by atoms with E-state index in [1.165, 1.54) is 16.4 Å². The summed E-state index contributed by atoms with van der Waals surface area (Å²) < 4.78 is 40.2. The summed E-state index contributed by atoms with van der Waals surface area (Å²) in [5.74, 6) is -0.825. The Morgan fingerprint density at radius 3 is 2.79 bits per heavy atom. The van der Waals surface area contributed by atoms with Crippen molar-refractivity contribution in [3.05, 3.63) is 29.0 Å². The number of nitrogens with two attached hydrogens (primary N) is 1. The number of sulfonamides is 1. The Morgan fingerprint density at radius 2 is 2.16 bits per heavy atom. The number of halogens is 2. The fraction of sp³-hybridized carbons (Fsp3) is 0.500. The lowest BCUT2D eigenvalue weighted by molar-refractivity contribution is 0.257. The lowest BCUT2D eigenvalue weighted by Crippen LogP contribution is -2.47. The summed E-state index contributed by atoms with van der Waals surface area (Å²) in [5.41, 5.74) is 5.61. The van der Waals surface area contributed by atoms with Gasteiger partial charge in [0.1, 0.15) is 10.7 Å². The third kappa shape index (κ3) is 2.76. The minimum Gasteiger partial charge on any atom is -0.329 e. The fourth-order valence-corrected chi connectivity index (χ4v) is 4.64. The average Bonchev–Trinajstić information content (AvgIpc) is 2.38. The Kier molecular flexibility index (Phi) is 4.45. The van der Waals surface area contributed by atoms with Crippen LogP contribution in [0.5, 0.6) is 0 Å². The summed E-state index contributed by atoms with van der Waals surface area (Å²) in [6, 6.07) is 3.57.